The average molecular weight is 300 g/mol. The lowest BCUT2D eigenvalue weighted by atomic mass is 10.1. The monoisotopic (exact) mass is 300 g/mol. The van der Waals surface area contributed by atoms with E-state index in [1.165, 1.54) is 11.1 Å². The van der Waals surface area contributed by atoms with Crippen LogP contribution in [0.1, 0.15) is 10.4 Å². The lowest BCUT2D eigenvalue weighted by Gasteiger charge is -2.34. The molecule has 1 aliphatic rings. The fourth-order valence-electron chi connectivity index (χ4n) is 2.60. The van der Waals surface area contributed by atoms with Crippen LogP contribution in [0.15, 0.2) is 30.5 Å². The second-order valence-corrected chi connectivity index (χ2v) is 5.22. The SMILES string of the molecule is NC(=O)c1cnc2cc(N3CCN(C(=O)O)CC3)ccc2c1. The van der Waals surface area contributed by atoms with Crippen molar-refractivity contribution >= 4 is 28.6 Å². The second-order valence-electron chi connectivity index (χ2n) is 5.22. The average Bonchev–Trinajstić information content (AvgIpc) is 2.54. The maximum Gasteiger partial charge on any atom is 0.407 e. The second kappa shape index (κ2) is 5.51. The molecule has 0 spiro atoms. The number of pyridine rings is 1. The molecular weight excluding hydrogens is 284 g/mol. The third kappa shape index (κ3) is 2.65. The van der Waals surface area contributed by atoms with Gasteiger partial charge in [0, 0.05) is 43.4 Å². The minimum atomic E-state index is -0.876. The number of nitrogens with zero attached hydrogens (tertiary/aromatic N) is 3. The van der Waals surface area contributed by atoms with E-state index in [0.717, 1.165) is 16.6 Å². The summed E-state index contributed by atoms with van der Waals surface area (Å²) in [4.78, 5) is 29.9. The van der Waals surface area contributed by atoms with E-state index >= 15 is 0 Å². The number of nitrogens with two attached hydrogens (primary N) is 1. The van der Waals surface area contributed by atoms with Crippen molar-refractivity contribution in [2.24, 2.45) is 5.73 Å². The van der Waals surface area contributed by atoms with E-state index in [9.17, 15) is 9.59 Å². The van der Waals surface area contributed by atoms with E-state index in [2.05, 4.69) is 9.88 Å². The van der Waals surface area contributed by atoms with E-state index < -0.39 is 12.0 Å². The Morgan fingerprint density at radius 1 is 1.14 bits per heavy atom. The number of aromatic nitrogens is 1. The standard InChI is InChI=1S/C15H16N4O3/c16-14(20)11-7-10-1-2-12(8-13(10)17-9-11)18-3-5-19(6-4-18)15(21)22/h1-2,7-9H,3-6H2,(H2,16,20)(H,21,22). The molecule has 0 saturated carbocycles. The normalized spacial score (nSPS) is 15.1. The van der Waals surface area contributed by atoms with Crippen LogP contribution in [0.5, 0.6) is 0 Å². The van der Waals surface area contributed by atoms with Gasteiger partial charge in [-0.3, -0.25) is 9.78 Å². The van der Waals surface area contributed by atoms with Gasteiger partial charge < -0.3 is 20.6 Å². The van der Waals surface area contributed by atoms with Crippen LogP contribution in [-0.2, 0) is 0 Å². The molecule has 2 aromatic rings. The third-order valence-electron chi connectivity index (χ3n) is 3.87. The number of piperazine rings is 1. The number of carbonyl (C=O) groups is 2. The molecule has 0 unspecified atom stereocenters. The number of hydrogen-bond acceptors (Lipinski definition) is 4. The van der Waals surface area contributed by atoms with Crippen molar-refractivity contribution in [3.63, 3.8) is 0 Å². The van der Waals surface area contributed by atoms with E-state index in [1.54, 1.807) is 6.07 Å². The molecule has 1 fully saturated rings. The molecule has 7 nitrogen and oxygen atoms in total. The Morgan fingerprint density at radius 2 is 1.86 bits per heavy atom. The van der Waals surface area contributed by atoms with Gasteiger partial charge in [-0.2, -0.15) is 0 Å². The van der Waals surface area contributed by atoms with Crippen LogP contribution < -0.4 is 10.6 Å². The summed E-state index contributed by atoms with van der Waals surface area (Å²) in [6.45, 7) is 2.27. The summed E-state index contributed by atoms with van der Waals surface area (Å²) in [5, 5.41) is 9.82. The Balaban J connectivity index is 1.82. The molecule has 3 N–H and O–H groups in total. The largest absolute Gasteiger partial charge is 0.465 e. The highest BCUT2D eigenvalue weighted by atomic mass is 16.4. The van der Waals surface area contributed by atoms with Gasteiger partial charge in [-0.05, 0) is 18.2 Å². The minimum absolute atomic E-state index is 0.385. The summed E-state index contributed by atoms with van der Waals surface area (Å²) in [6.07, 6.45) is 0.593. The number of carbonyl (C=O) groups excluding carboxylic acids is 1. The summed E-state index contributed by atoms with van der Waals surface area (Å²) in [6, 6.07) is 7.51. The molecule has 7 heteroatoms. The Kier molecular flexibility index (Phi) is 3.54. The van der Waals surface area contributed by atoms with Crippen molar-refractivity contribution in [3.05, 3.63) is 36.0 Å². The molecule has 114 valence electrons. The Bertz CT molecular complexity index is 739. The van der Waals surface area contributed by atoms with Crippen LogP contribution >= 0.6 is 0 Å². The Morgan fingerprint density at radius 3 is 2.50 bits per heavy atom. The zero-order chi connectivity index (χ0) is 15.7. The molecule has 0 atom stereocenters. The Hall–Kier alpha value is -2.83. The first-order chi connectivity index (χ1) is 10.5. The number of hydrogen-bond donors (Lipinski definition) is 2. The van der Waals surface area contributed by atoms with Crippen molar-refractivity contribution in [2.45, 2.75) is 0 Å². The fourth-order valence-corrected chi connectivity index (χ4v) is 2.60. The van der Waals surface area contributed by atoms with Crippen LogP contribution in [0.4, 0.5) is 10.5 Å². The first kappa shape index (κ1) is 14.1. The summed E-state index contributed by atoms with van der Waals surface area (Å²) in [7, 11) is 0. The quantitative estimate of drug-likeness (QED) is 0.866. The number of amides is 2. The molecule has 3 rings (SSSR count). The van der Waals surface area contributed by atoms with Gasteiger partial charge in [0.15, 0.2) is 0 Å². The van der Waals surface area contributed by atoms with Gasteiger partial charge in [0.05, 0.1) is 11.1 Å². The molecule has 0 bridgehead atoms. The number of fused-ring (bicyclic) bond motifs is 1. The fraction of sp³-hybridized carbons (Fsp3) is 0.267. The van der Waals surface area contributed by atoms with E-state index in [1.807, 2.05) is 18.2 Å². The van der Waals surface area contributed by atoms with Gasteiger partial charge in [0.25, 0.3) is 0 Å². The molecule has 22 heavy (non-hydrogen) atoms. The maximum absolute atomic E-state index is 11.2. The van der Waals surface area contributed by atoms with Gasteiger partial charge in [-0.1, -0.05) is 6.07 Å². The topological polar surface area (TPSA) is 99.8 Å². The smallest absolute Gasteiger partial charge is 0.407 e. The van der Waals surface area contributed by atoms with E-state index in [-0.39, 0.29) is 0 Å². The van der Waals surface area contributed by atoms with Gasteiger partial charge in [-0.15, -0.1) is 0 Å². The van der Waals surface area contributed by atoms with E-state index in [4.69, 9.17) is 10.8 Å². The van der Waals surface area contributed by atoms with Gasteiger partial charge >= 0.3 is 6.09 Å². The molecule has 1 aromatic heterocycles. The minimum Gasteiger partial charge on any atom is -0.465 e. The summed E-state index contributed by atoms with van der Waals surface area (Å²) < 4.78 is 0. The molecule has 1 aliphatic heterocycles. The summed E-state index contributed by atoms with van der Waals surface area (Å²) in [5.74, 6) is -0.497. The highest BCUT2D eigenvalue weighted by Gasteiger charge is 2.20. The number of rotatable bonds is 2. The van der Waals surface area contributed by atoms with Crippen molar-refractivity contribution in [1.29, 1.82) is 0 Å². The molecule has 1 aromatic carbocycles. The molecule has 1 saturated heterocycles. The highest BCUT2D eigenvalue weighted by Crippen LogP contribution is 2.22. The van der Waals surface area contributed by atoms with Crippen LogP contribution in [0, 0.1) is 0 Å². The third-order valence-corrected chi connectivity index (χ3v) is 3.87. The number of anilines is 1. The molecule has 2 amide bonds. The van der Waals surface area contributed by atoms with Gasteiger partial charge in [0.1, 0.15) is 0 Å². The van der Waals surface area contributed by atoms with Crippen molar-refractivity contribution < 1.29 is 14.7 Å². The van der Waals surface area contributed by atoms with Crippen LogP contribution in [0.25, 0.3) is 10.9 Å². The maximum atomic E-state index is 11.2. The van der Waals surface area contributed by atoms with Gasteiger partial charge in [-0.25, -0.2) is 4.79 Å². The predicted octanol–water partition coefficient (Wildman–Crippen LogP) is 1.13. The van der Waals surface area contributed by atoms with Crippen molar-refractivity contribution in [3.8, 4) is 0 Å². The first-order valence-corrected chi connectivity index (χ1v) is 6.97. The van der Waals surface area contributed by atoms with Crippen molar-refractivity contribution in [2.75, 3.05) is 31.1 Å². The number of primary amides is 1. The predicted molar refractivity (Wildman–Crippen MR) is 82.1 cm³/mol. The van der Waals surface area contributed by atoms with Gasteiger partial charge in [0.2, 0.25) is 5.91 Å². The molecule has 2 heterocycles. The van der Waals surface area contributed by atoms with Crippen molar-refractivity contribution in [1.82, 2.24) is 9.88 Å². The molecule has 0 radical (unpaired) electrons. The van der Waals surface area contributed by atoms with Crippen LogP contribution in [-0.4, -0.2) is 53.2 Å². The van der Waals surface area contributed by atoms with Crippen LogP contribution in [0.3, 0.4) is 0 Å². The molecule has 0 aliphatic carbocycles. The molecular formula is C15H16N4O3. The number of carboxylic acid groups (broad SMARTS) is 1. The highest BCUT2D eigenvalue weighted by molar-refractivity contribution is 5.96. The summed E-state index contributed by atoms with van der Waals surface area (Å²) in [5.41, 5.74) is 7.41. The zero-order valence-corrected chi connectivity index (χ0v) is 11.9. The Labute approximate surface area is 126 Å². The van der Waals surface area contributed by atoms with Crippen LogP contribution in [0.2, 0.25) is 0 Å². The lowest BCUT2D eigenvalue weighted by Crippen LogP contribution is -2.48. The first-order valence-electron chi connectivity index (χ1n) is 6.97. The lowest BCUT2D eigenvalue weighted by molar-refractivity contribution is 0.1000. The van der Waals surface area contributed by atoms with E-state index in [0.29, 0.717) is 31.7 Å². The summed E-state index contributed by atoms with van der Waals surface area (Å²) >= 11 is 0. The zero-order valence-electron chi connectivity index (χ0n) is 11.9. The number of benzene rings is 1.